The third-order valence-corrected chi connectivity index (χ3v) is 7.68. The molecule has 0 bridgehead atoms. The number of rotatable bonds is 9. The van der Waals surface area contributed by atoms with Crippen molar-refractivity contribution in [3.63, 3.8) is 0 Å². The van der Waals surface area contributed by atoms with Crippen LogP contribution in [0.2, 0.25) is 0 Å². The van der Waals surface area contributed by atoms with E-state index in [2.05, 4.69) is 5.32 Å². The van der Waals surface area contributed by atoms with E-state index < -0.39 is 23.5 Å². The van der Waals surface area contributed by atoms with Crippen LogP contribution in [0.5, 0.6) is 0 Å². The average Bonchev–Trinajstić information content (AvgIpc) is 3.13. The molecule has 0 aliphatic carbocycles. The Kier molecular flexibility index (Phi) is 7.54. The van der Waals surface area contributed by atoms with E-state index in [4.69, 9.17) is 8.83 Å². The molecule has 0 unspecified atom stereocenters. The van der Waals surface area contributed by atoms with E-state index in [1.807, 2.05) is 64.1 Å². The highest BCUT2D eigenvalue weighted by molar-refractivity contribution is 7.98. The van der Waals surface area contributed by atoms with Crippen LogP contribution in [0, 0.1) is 27.7 Å². The fraction of sp³-hybridized carbons (Fsp3) is 0.321. The largest absolute Gasteiger partial charge is 0.480 e. The van der Waals surface area contributed by atoms with Gasteiger partial charge in [0, 0.05) is 39.8 Å². The maximum atomic E-state index is 12.8. The molecule has 8 heteroatoms. The number of hydrogen-bond acceptors (Lipinski definition) is 6. The number of carboxylic acid groups (broad SMARTS) is 1. The van der Waals surface area contributed by atoms with Crippen molar-refractivity contribution in [3.8, 4) is 0 Å². The molecular formula is C28H29NO6S. The minimum Gasteiger partial charge on any atom is -0.480 e. The zero-order chi connectivity index (χ0) is 26.0. The molecule has 4 rings (SSSR count). The van der Waals surface area contributed by atoms with Crippen LogP contribution in [0.25, 0.3) is 21.9 Å². The number of carbonyl (C=O) groups excluding carboxylic acids is 1. The van der Waals surface area contributed by atoms with E-state index in [-0.39, 0.29) is 18.6 Å². The van der Waals surface area contributed by atoms with Gasteiger partial charge in [0.15, 0.2) is 0 Å². The van der Waals surface area contributed by atoms with Gasteiger partial charge in [0.05, 0.1) is 0 Å². The van der Waals surface area contributed by atoms with Crippen molar-refractivity contribution in [2.45, 2.75) is 52.3 Å². The maximum absolute atomic E-state index is 12.8. The number of hydrogen-bond donors (Lipinski definition) is 2. The summed E-state index contributed by atoms with van der Waals surface area (Å²) in [5, 5.41) is 13.9. The second-order valence-corrected chi connectivity index (χ2v) is 10.0. The molecule has 2 aromatic heterocycles. The van der Waals surface area contributed by atoms with Gasteiger partial charge >= 0.3 is 11.6 Å². The van der Waals surface area contributed by atoms with Gasteiger partial charge < -0.3 is 19.3 Å². The van der Waals surface area contributed by atoms with Crippen molar-refractivity contribution in [2.24, 2.45) is 0 Å². The first kappa shape index (κ1) is 25.6. The number of nitrogens with one attached hydrogen (secondary N) is 1. The van der Waals surface area contributed by atoms with Crippen LogP contribution < -0.4 is 10.9 Å². The van der Waals surface area contributed by atoms with Gasteiger partial charge in [-0.05, 0) is 56.9 Å². The minimum absolute atomic E-state index is 0.0185. The smallest absolute Gasteiger partial charge is 0.339 e. The highest BCUT2D eigenvalue weighted by Gasteiger charge is 2.22. The van der Waals surface area contributed by atoms with Crippen molar-refractivity contribution in [1.29, 1.82) is 0 Å². The number of amides is 1. The monoisotopic (exact) mass is 507 g/mol. The summed E-state index contributed by atoms with van der Waals surface area (Å²) in [6, 6.07) is 10.7. The van der Waals surface area contributed by atoms with Crippen molar-refractivity contribution in [1.82, 2.24) is 5.32 Å². The quantitative estimate of drug-likeness (QED) is 0.299. The number of aliphatic carboxylic acids is 1. The molecule has 0 spiro atoms. The van der Waals surface area contributed by atoms with Gasteiger partial charge in [-0.3, -0.25) is 4.79 Å². The van der Waals surface area contributed by atoms with Crippen LogP contribution in [-0.2, 0) is 21.8 Å². The lowest BCUT2D eigenvalue weighted by Crippen LogP contribution is -2.42. The summed E-state index contributed by atoms with van der Waals surface area (Å²) in [5.41, 5.74) is 4.75. The molecule has 36 heavy (non-hydrogen) atoms. The van der Waals surface area contributed by atoms with Gasteiger partial charge in [0.25, 0.3) is 0 Å². The number of aryl methyl sites for hydroxylation is 4. The van der Waals surface area contributed by atoms with Crippen molar-refractivity contribution >= 4 is 45.6 Å². The van der Waals surface area contributed by atoms with Gasteiger partial charge in [-0.1, -0.05) is 30.3 Å². The van der Waals surface area contributed by atoms with E-state index in [9.17, 15) is 19.5 Å². The fourth-order valence-corrected chi connectivity index (χ4v) is 5.34. The van der Waals surface area contributed by atoms with E-state index in [1.165, 1.54) is 11.8 Å². The lowest BCUT2D eigenvalue weighted by molar-refractivity contribution is -0.141. The Balaban J connectivity index is 1.47. The Hall–Kier alpha value is -3.52. The number of carbonyl (C=O) groups is 2. The van der Waals surface area contributed by atoms with Crippen molar-refractivity contribution in [2.75, 3.05) is 5.75 Å². The van der Waals surface area contributed by atoms with Crippen LogP contribution in [0.1, 0.15) is 40.0 Å². The Morgan fingerprint density at radius 1 is 0.972 bits per heavy atom. The Labute approximate surface area is 212 Å². The van der Waals surface area contributed by atoms with E-state index in [1.54, 1.807) is 0 Å². The van der Waals surface area contributed by atoms with E-state index in [0.29, 0.717) is 22.5 Å². The number of furan rings is 1. The third-order valence-electron chi connectivity index (χ3n) is 6.58. The number of benzene rings is 2. The second kappa shape index (κ2) is 10.6. The van der Waals surface area contributed by atoms with Gasteiger partial charge in [0.1, 0.15) is 23.0 Å². The fourth-order valence-electron chi connectivity index (χ4n) is 4.33. The second-order valence-electron chi connectivity index (χ2n) is 8.99. The van der Waals surface area contributed by atoms with E-state index in [0.717, 1.165) is 38.8 Å². The van der Waals surface area contributed by atoms with Gasteiger partial charge in [0.2, 0.25) is 5.91 Å². The standard InChI is InChI=1S/C28H29NO6S/c1-15-18(4)34-25-17(3)26-22(12-21(15)25)16(2)20(28(33)35-26)10-11-24(30)29-23(27(31)32)14-36-13-19-8-6-5-7-9-19/h5-9,12,23H,10-11,13-14H2,1-4H3,(H,29,30)(H,31,32)/t23-/m0/s1. The number of carboxylic acids is 1. The molecule has 0 aliphatic rings. The molecular weight excluding hydrogens is 478 g/mol. The summed E-state index contributed by atoms with van der Waals surface area (Å²) in [5.74, 6) is 0.201. The molecule has 7 nitrogen and oxygen atoms in total. The number of thioether (sulfide) groups is 1. The zero-order valence-corrected chi connectivity index (χ0v) is 21.6. The Bertz CT molecular complexity index is 1500. The van der Waals surface area contributed by atoms with Gasteiger partial charge in [-0.25, -0.2) is 9.59 Å². The van der Waals surface area contributed by atoms with Crippen molar-refractivity contribution in [3.05, 3.63) is 80.4 Å². The van der Waals surface area contributed by atoms with Crippen LogP contribution in [0.4, 0.5) is 0 Å². The molecule has 0 saturated heterocycles. The highest BCUT2D eigenvalue weighted by Crippen LogP contribution is 2.34. The SMILES string of the molecule is Cc1oc2c(C)c3oc(=O)c(CCC(=O)N[C@@H](CSCc4ccccc4)C(=O)O)c(C)c3cc2c1C. The summed E-state index contributed by atoms with van der Waals surface area (Å²) in [7, 11) is 0. The highest BCUT2D eigenvalue weighted by atomic mass is 32.2. The zero-order valence-electron chi connectivity index (χ0n) is 20.8. The van der Waals surface area contributed by atoms with Crippen molar-refractivity contribution < 1.29 is 23.5 Å². The molecule has 0 radical (unpaired) electrons. The Morgan fingerprint density at radius 2 is 1.64 bits per heavy atom. The molecule has 188 valence electrons. The van der Waals surface area contributed by atoms with Crippen LogP contribution in [0.15, 0.2) is 50.0 Å². The maximum Gasteiger partial charge on any atom is 0.339 e. The predicted molar refractivity (Wildman–Crippen MR) is 142 cm³/mol. The molecule has 0 saturated carbocycles. The van der Waals surface area contributed by atoms with Gasteiger partial charge in [-0.2, -0.15) is 11.8 Å². The normalized spacial score (nSPS) is 12.2. The first-order chi connectivity index (χ1) is 17.2. The summed E-state index contributed by atoms with van der Waals surface area (Å²) in [4.78, 5) is 37.1. The molecule has 2 N–H and O–H groups in total. The molecule has 0 aliphatic heterocycles. The van der Waals surface area contributed by atoms with Gasteiger partial charge in [-0.15, -0.1) is 0 Å². The van der Waals surface area contributed by atoms with Crippen LogP contribution >= 0.6 is 11.8 Å². The molecule has 0 fully saturated rings. The minimum atomic E-state index is -1.09. The van der Waals surface area contributed by atoms with Crippen LogP contribution in [0.3, 0.4) is 0 Å². The molecule has 2 aromatic carbocycles. The Morgan fingerprint density at radius 3 is 2.33 bits per heavy atom. The van der Waals surface area contributed by atoms with E-state index >= 15 is 0 Å². The summed E-state index contributed by atoms with van der Waals surface area (Å²) in [6.07, 6.45) is 0.134. The summed E-state index contributed by atoms with van der Waals surface area (Å²) in [6.45, 7) is 7.60. The summed E-state index contributed by atoms with van der Waals surface area (Å²) < 4.78 is 11.5. The third kappa shape index (κ3) is 5.18. The molecule has 1 amide bonds. The number of fused-ring (bicyclic) bond motifs is 2. The first-order valence-electron chi connectivity index (χ1n) is 11.8. The lowest BCUT2D eigenvalue weighted by Gasteiger charge is -2.15. The summed E-state index contributed by atoms with van der Waals surface area (Å²) >= 11 is 1.44. The first-order valence-corrected chi connectivity index (χ1v) is 12.9. The predicted octanol–water partition coefficient (Wildman–Crippen LogP) is 5.21. The molecule has 4 aromatic rings. The van der Waals surface area contributed by atoms with Crippen LogP contribution in [-0.4, -0.2) is 28.8 Å². The topological polar surface area (TPSA) is 110 Å². The lowest BCUT2D eigenvalue weighted by atomic mass is 9.98. The molecule has 2 heterocycles. The molecule has 1 atom stereocenters. The average molecular weight is 508 g/mol.